The summed E-state index contributed by atoms with van der Waals surface area (Å²) in [7, 11) is -2.07. The van der Waals surface area contributed by atoms with E-state index in [1.807, 2.05) is 6.07 Å². The summed E-state index contributed by atoms with van der Waals surface area (Å²) in [6.07, 6.45) is 4.44. The van der Waals surface area contributed by atoms with Gasteiger partial charge in [0.2, 0.25) is 0 Å². The third kappa shape index (κ3) is 4.69. The quantitative estimate of drug-likeness (QED) is 0.290. The summed E-state index contributed by atoms with van der Waals surface area (Å²) in [5.41, 5.74) is 2.11. The van der Waals surface area contributed by atoms with E-state index in [1.54, 1.807) is 37.5 Å². The Kier molecular flexibility index (Phi) is 7.61. The van der Waals surface area contributed by atoms with Crippen molar-refractivity contribution in [2.75, 3.05) is 12.4 Å². The van der Waals surface area contributed by atoms with E-state index in [2.05, 4.69) is 47.5 Å². The molecule has 2 aromatic carbocycles. The minimum Gasteiger partial charge on any atom is -0.352 e. The lowest BCUT2D eigenvalue weighted by molar-refractivity contribution is 0.588. The fraction of sp³-hybridized carbons (Fsp3) is 0.0952. The molecule has 0 saturated heterocycles. The Balaban J connectivity index is 0.00000289. The molecule has 4 aromatic rings. The van der Waals surface area contributed by atoms with Crippen molar-refractivity contribution in [2.24, 2.45) is 0 Å². The highest BCUT2D eigenvalue weighted by Crippen LogP contribution is 2.34. The largest absolute Gasteiger partial charge is 0.352 e. The number of benzene rings is 2. The van der Waals surface area contributed by atoms with E-state index in [0.717, 1.165) is 10.9 Å². The lowest BCUT2D eigenvalue weighted by Gasteiger charge is -2.12. The van der Waals surface area contributed by atoms with E-state index in [-0.39, 0.29) is 23.0 Å². The first-order valence-electron chi connectivity index (χ1n) is 9.17. The van der Waals surface area contributed by atoms with E-state index in [4.69, 9.17) is 0 Å². The van der Waals surface area contributed by atoms with Crippen molar-refractivity contribution in [1.29, 1.82) is 0 Å². The first-order valence-corrected chi connectivity index (χ1v) is 12.2. The molecule has 168 valence electrons. The zero-order valence-corrected chi connectivity index (χ0v) is 21.4. The van der Waals surface area contributed by atoms with Gasteiger partial charge in [-0.15, -0.1) is 12.4 Å². The summed E-state index contributed by atoms with van der Waals surface area (Å²) in [6, 6.07) is 11.5. The van der Waals surface area contributed by atoms with Crippen molar-refractivity contribution in [2.45, 2.75) is 11.4 Å². The number of aromatic nitrogens is 2. The molecular formula is C21H18Br2ClFN4O2S. The van der Waals surface area contributed by atoms with Gasteiger partial charge in [0, 0.05) is 45.2 Å². The molecule has 0 unspecified atom stereocenters. The van der Waals surface area contributed by atoms with Gasteiger partial charge in [-0.05, 0) is 64.9 Å². The van der Waals surface area contributed by atoms with Gasteiger partial charge < -0.3 is 10.6 Å². The molecule has 0 saturated carbocycles. The predicted octanol–water partition coefficient (Wildman–Crippen LogP) is 5.82. The lowest BCUT2D eigenvalue weighted by atomic mass is 10.1. The molecule has 4 rings (SSSR count). The van der Waals surface area contributed by atoms with Crippen LogP contribution >= 0.6 is 44.3 Å². The Hall–Kier alpha value is -1.98. The van der Waals surface area contributed by atoms with Crippen LogP contribution in [0.4, 0.5) is 15.8 Å². The number of pyridine rings is 1. The summed E-state index contributed by atoms with van der Waals surface area (Å²) in [5, 5.41) is 6.88. The van der Waals surface area contributed by atoms with Crippen LogP contribution in [0.1, 0.15) is 5.56 Å². The van der Waals surface area contributed by atoms with Crippen LogP contribution in [0.15, 0.2) is 74.9 Å². The highest BCUT2D eigenvalue weighted by atomic mass is 79.9. The second kappa shape index (κ2) is 9.88. The maximum absolute atomic E-state index is 14.5. The second-order valence-electron chi connectivity index (χ2n) is 6.78. The normalized spacial score (nSPS) is 11.4. The molecule has 0 aliphatic rings. The van der Waals surface area contributed by atoms with Crippen molar-refractivity contribution < 1.29 is 12.8 Å². The highest BCUT2D eigenvalue weighted by molar-refractivity contribution is 9.11. The van der Waals surface area contributed by atoms with Crippen LogP contribution in [0.25, 0.3) is 10.9 Å². The van der Waals surface area contributed by atoms with Gasteiger partial charge >= 0.3 is 0 Å². The Morgan fingerprint density at radius 2 is 1.94 bits per heavy atom. The van der Waals surface area contributed by atoms with Crippen LogP contribution in [0, 0.1) is 5.82 Å². The summed E-state index contributed by atoms with van der Waals surface area (Å²) in [6.45, 7) is 0.492. The Morgan fingerprint density at radius 1 is 1.16 bits per heavy atom. The molecule has 6 nitrogen and oxygen atoms in total. The maximum Gasteiger partial charge on any atom is 0.269 e. The third-order valence-corrected chi connectivity index (χ3v) is 7.43. The topological polar surface area (TPSA) is 76.0 Å². The fourth-order valence-electron chi connectivity index (χ4n) is 3.29. The van der Waals surface area contributed by atoms with Crippen molar-refractivity contribution in [1.82, 2.24) is 14.3 Å². The van der Waals surface area contributed by atoms with E-state index >= 15 is 0 Å². The number of hydrogen-bond donors (Lipinski definition) is 2. The van der Waals surface area contributed by atoms with Gasteiger partial charge in [0.05, 0.1) is 11.2 Å². The summed E-state index contributed by atoms with van der Waals surface area (Å²) in [5.74, 6) is -0.449. The van der Waals surface area contributed by atoms with Crippen molar-refractivity contribution in [3.05, 3.63) is 81.4 Å². The highest BCUT2D eigenvalue weighted by Gasteiger charge is 2.22. The van der Waals surface area contributed by atoms with E-state index in [0.29, 0.717) is 26.7 Å². The van der Waals surface area contributed by atoms with Gasteiger partial charge in [0.15, 0.2) is 0 Å². The molecule has 2 heterocycles. The molecule has 0 bridgehead atoms. The predicted molar refractivity (Wildman–Crippen MR) is 134 cm³/mol. The molecule has 2 aromatic heterocycles. The molecule has 2 N–H and O–H groups in total. The Labute approximate surface area is 208 Å². The fourth-order valence-corrected chi connectivity index (χ4v) is 5.91. The van der Waals surface area contributed by atoms with Gasteiger partial charge in [0.25, 0.3) is 10.0 Å². The van der Waals surface area contributed by atoms with Gasteiger partial charge in [0.1, 0.15) is 10.7 Å². The van der Waals surface area contributed by atoms with Crippen LogP contribution in [0.3, 0.4) is 0 Å². The first-order chi connectivity index (χ1) is 14.8. The zero-order valence-electron chi connectivity index (χ0n) is 16.6. The standard InChI is InChI=1S/C21H17Br2FN4O2S.ClH/c1-25-10-13-12-28(31(29,30)16-3-2-6-26-11-16)20-9-15(4-5-17(13)20)27-21-18(23)7-14(22)8-19(21)24;/h2-9,11-12,25,27H,10H2,1H3;1H. The average Bonchev–Trinajstić information content (AvgIpc) is 3.10. The van der Waals surface area contributed by atoms with E-state index in [1.165, 1.54) is 28.5 Å². The Bertz CT molecular complexity index is 1360. The zero-order chi connectivity index (χ0) is 22.2. The summed E-state index contributed by atoms with van der Waals surface area (Å²) >= 11 is 6.62. The number of rotatable bonds is 6. The first kappa shape index (κ1) is 24.7. The lowest BCUT2D eigenvalue weighted by Crippen LogP contribution is -2.12. The van der Waals surface area contributed by atoms with Crippen molar-refractivity contribution in [3.8, 4) is 0 Å². The SMILES string of the molecule is CNCc1cn(S(=O)(=O)c2cccnc2)c2cc(Nc3c(F)cc(Br)cc3Br)ccc12.Cl. The number of fused-ring (bicyclic) bond motifs is 1. The van der Waals surface area contributed by atoms with Crippen LogP contribution in [-0.2, 0) is 16.6 Å². The molecule has 11 heteroatoms. The molecule has 0 radical (unpaired) electrons. The van der Waals surface area contributed by atoms with E-state index in [9.17, 15) is 12.8 Å². The molecule has 0 amide bonds. The number of anilines is 2. The number of nitrogens with zero attached hydrogens (tertiary/aromatic N) is 2. The number of nitrogens with one attached hydrogen (secondary N) is 2. The summed E-state index contributed by atoms with van der Waals surface area (Å²) < 4.78 is 43.4. The molecule has 32 heavy (non-hydrogen) atoms. The van der Waals surface area contributed by atoms with Gasteiger partial charge in [-0.25, -0.2) is 16.8 Å². The Morgan fingerprint density at radius 3 is 2.59 bits per heavy atom. The van der Waals surface area contributed by atoms with Gasteiger partial charge in [-0.2, -0.15) is 0 Å². The number of halogens is 4. The monoisotopic (exact) mass is 602 g/mol. The summed E-state index contributed by atoms with van der Waals surface area (Å²) in [4.78, 5) is 4.02. The van der Waals surface area contributed by atoms with Crippen LogP contribution in [0.5, 0.6) is 0 Å². The van der Waals surface area contributed by atoms with Gasteiger partial charge in [-0.3, -0.25) is 4.98 Å². The molecule has 0 fully saturated rings. The maximum atomic E-state index is 14.5. The van der Waals surface area contributed by atoms with Crippen molar-refractivity contribution >= 4 is 76.6 Å². The minimum absolute atomic E-state index is 0. The molecule has 0 aliphatic heterocycles. The smallest absolute Gasteiger partial charge is 0.269 e. The van der Waals surface area contributed by atoms with E-state index < -0.39 is 15.8 Å². The number of hydrogen-bond acceptors (Lipinski definition) is 5. The minimum atomic E-state index is -3.87. The van der Waals surface area contributed by atoms with Crippen LogP contribution in [-0.4, -0.2) is 24.4 Å². The van der Waals surface area contributed by atoms with Crippen molar-refractivity contribution in [3.63, 3.8) is 0 Å². The second-order valence-corrected chi connectivity index (χ2v) is 10.4. The van der Waals surface area contributed by atoms with Gasteiger partial charge in [-0.1, -0.05) is 22.0 Å². The van der Waals surface area contributed by atoms with Crippen LogP contribution < -0.4 is 10.6 Å². The molecule has 0 aliphatic carbocycles. The third-order valence-electron chi connectivity index (χ3n) is 4.69. The molecule has 0 spiro atoms. The van der Waals surface area contributed by atoms with Crippen LogP contribution in [0.2, 0.25) is 0 Å². The average molecular weight is 605 g/mol. The molecule has 0 atom stereocenters. The molecular weight excluding hydrogens is 587 g/mol.